The normalized spacial score (nSPS) is 25.5. The average molecular weight is 471 g/mol. The molecule has 1 heterocycles. The van der Waals surface area contributed by atoms with Crippen molar-refractivity contribution in [2.75, 3.05) is 52.6 Å². The predicted molar refractivity (Wildman–Crippen MR) is 123 cm³/mol. The molecule has 1 aromatic carbocycles. The monoisotopic (exact) mass is 470 g/mol. The van der Waals surface area contributed by atoms with Crippen LogP contribution in [0.2, 0.25) is 0 Å². The first kappa shape index (κ1) is 27.0. The van der Waals surface area contributed by atoms with Gasteiger partial charge in [0, 0.05) is 13.0 Å². The van der Waals surface area contributed by atoms with Crippen LogP contribution in [0.3, 0.4) is 0 Å². The number of rotatable bonds is 17. The Morgan fingerprint density at radius 1 is 0.906 bits per heavy atom. The van der Waals surface area contributed by atoms with Gasteiger partial charge in [0.15, 0.2) is 6.29 Å². The molecule has 1 fully saturated rings. The van der Waals surface area contributed by atoms with E-state index in [-0.39, 0.29) is 0 Å². The summed E-state index contributed by atoms with van der Waals surface area (Å²) in [5.74, 6) is 0.431. The van der Waals surface area contributed by atoms with Crippen LogP contribution >= 0.6 is 11.6 Å². The zero-order valence-electron chi connectivity index (χ0n) is 18.7. The van der Waals surface area contributed by atoms with Crippen molar-refractivity contribution in [1.82, 2.24) is 0 Å². The summed E-state index contributed by atoms with van der Waals surface area (Å²) in [5.41, 5.74) is 1.07. The van der Waals surface area contributed by atoms with Crippen LogP contribution in [0.4, 0.5) is 0 Å². The van der Waals surface area contributed by atoms with E-state index in [2.05, 4.69) is 13.2 Å². The molecule has 32 heavy (non-hydrogen) atoms. The Morgan fingerprint density at radius 3 is 2.28 bits per heavy atom. The van der Waals surface area contributed by atoms with E-state index in [1.165, 1.54) is 0 Å². The summed E-state index contributed by atoms with van der Waals surface area (Å²) in [7, 11) is 1.57. The van der Waals surface area contributed by atoms with Gasteiger partial charge in [0.2, 0.25) is 0 Å². The van der Waals surface area contributed by atoms with Gasteiger partial charge >= 0.3 is 0 Å². The number of alkyl halides is 1. The number of methoxy groups -OCH3 is 1. The van der Waals surface area contributed by atoms with Gasteiger partial charge in [-0.2, -0.15) is 0 Å². The fourth-order valence-electron chi connectivity index (χ4n) is 3.39. The van der Waals surface area contributed by atoms with Crippen LogP contribution < -0.4 is 0 Å². The SMILES string of the molecule is C=CCO[C@@H]1[C@@H](OCC=C)[C@@H](OC)O[C@H](COCc2ccccc2)[C@H]1OCCOCCCl. The lowest BCUT2D eigenvalue weighted by Gasteiger charge is -2.45. The fraction of sp³-hybridized carbons (Fsp3) is 0.583. The minimum atomic E-state index is -0.651. The van der Waals surface area contributed by atoms with E-state index in [0.717, 1.165) is 5.56 Å². The topological polar surface area (TPSA) is 64.6 Å². The molecule has 0 aliphatic carbocycles. The summed E-state index contributed by atoms with van der Waals surface area (Å²) in [6.07, 6.45) is 0.817. The lowest BCUT2D eigenvalue weighted by molar-refractivity contribution is -0.316. The van der Waals surface area contributed by atoms with Gasteiger partial charge in [-0.15, -0.1) is 24.8 Å². The molecule has 0 saturated carbocycles. The van der Waals surface area contributed by atoms with E-state index in [0.29, 0.717) is 52.1 Å². The maximum Gasteiger partial charge on any atom is 0.186 e. The van der Waals surface area contributed by atoms with Crippen LogP contribution in [0, 0.1) is 0 Å². The van der Waals surface area contributed by atoms with Crippen LogP contribution in [0.25, 0.3) is 0 Å². The molecule has 1 saturated heterocycles. The zero-order valence-corrected chi connectivity index (χ0v) is 19.5. The van der Waals surface area contributed by atoms with E-state index in [1.54, 1.807) is 19.3 Å². The molecular weight excluding hydrogens is 436 g/mol. The molecule has 1 aromatic rings. The van der Waals surface area contributed by atoms with Gasteiger partial charge in [0.05, 0.1) is 46.2 Å². The number of ether oxygens (including phenoxy) is 7. The van der Waals surface area contributed by atoms with Crippen LogP contribution in [0.15, 0.2) is 55.6 Å². The van der Waals surface area contributed by atoms with Crippen molar-refractivity contribution >= 4 is 11.6 Å². The van der Waals surface area contributed by atoms with Gasteiger partial charge in [-0.1, -0.05) is 42.5 Å². The largest absolute Gasteiger partial charge is 0.378 e. The standard InChI is InChI=1S/C24H35ClO7/c1-4-12-29-22-21(31-16-15-27-14-11-25)20(18-28-17-19-9-7-6-8-10-19)32-24(26-3)23(22)30-13-5-2/h4-10,20-24H,1-2,11-18H2,3H3/t20-,21-,22+,23-,24+/m1/s1. The summed E-state index contributed by atoms with van der Waals surface area (Å²) < 4.78 is 41.3. The van der Waals surface area contributed by atoms with Crippen molar-refractivity contribution in [2.24, 2.45) is 0 Å². The van der Waals surface area contributed by atoms with Gasteiger partial charge in [0.25, 0.3) is 0 Å². The minimum Gasteiger partial charge on any atom is -0.378 e. The highest BCUT2D eigenvalue weighted by Crippen LogP contribution is 2.29. The zero-order chi connectivity index (χ0) is 23.0. The number of hydrogen-bond donors (Lipinski definition) is 0. The summed E-state index contributed by atoms with van der Waals surface area (Å²) in [4.78, 5) is 0. The Kier molecular flexibility index (Phi) is 13.8. The molecule has 0 bridgehead atoms. The molecule has 0 spiro atoms. The third kappa shape index (κ3) is 8.92. The minimum absolute atomic E-state index is 0.296. The van der Waals surface area contributed by atoms with Gasteiger partial charge in [-0.05, 0) is 5.56 Å². The molecular formula is C24H35ClO7. The van der Waals surface area contributed by atoms with E-state index in [1.807, 2.05) is 30.3 Å². The van der Waals surface area contributed by atoms with Gasteiger partial charge in [-0.25, -0.2) is 0 Å². The second-order valence-corrected chi connectivity index (χ2v) is 7.47. The second-order valence-electron chi connectivity index (χ2n) is 7.09. The third-order valence-electron chi connectivity index (χ3n) is 4.79. The first-order valence-corrected chi connectivity index (χ1v) is 11.3. The average Bonchev–Trinajstić information content (AvgIpc) is 2.82. The van der Waals surface area contributed by atoms with Gasteiger partial charge in [0.1, 0.15) is 24.4 Å². The first-order valence-electron chi connectivity index (χ1n) is 10.7. The quantitative estimate of drug-likeness (QED) is 0.196. The Balaban J connectivity index is 2.11. The lowest BCUT2D eigenvalue weighted by atomic mass is 9.98. The van der Waals surface area contributed by atoms with Crippen molar-refractivity contribution in [3.05, 3.63) is 61.2 Å². The summed E-state index contributed by atoms with van der Waals surface area (Å²) in [6.45, 7) is 10.1. The third-order valence-corrected chi connectivity index (χ3v) is 4.94. The lowest BCUT2D eigenvalue weighted by Crippen LogP contribution is -2.62. The molecule has 2 rings (SSSR count). The van der Waals surface area contributed by atoms with Crippen LogP contribution in [-0.2, 0) is 39.8 Å². The van der Waals surface area contributed by atoms with Crippen LogP contribution in [0.1, 0.15) is 5.56 Å². The van der Waals surface area contributed by atoms with Gasteiger partial charge < -0.3 is 33.2 Å². The van der Waals surface area contributed by atoms with Crippen LogP contribution in [0.5, 0.6) is 0 Å². The molecule has 8 heteroatoms. The molecule has 1 aliphatic heterocycles. The van der Waals surface area contributed by atoms with E-state index in [4.69, 9.17) is 44.8 Å². The molecule has 0 radical (unpaired) electrons. The van der Waals surface area contributed by atoms with Crippen molar-refractivity contribution in [3.63, 3.8) is 0 Å². The molecule has 5 atom stereocenters. The molecule has 1 aliphatic rings. The summed E-state index contributed by atoms with van der Waals surface area (Å²) in [5, 5.41) is 0. The Labute approximate surface area is 196 Å². The number of halogens is 1. The van der Waals surface area contributed by atoms with E-state index in [9.17, 15) is 0 Å². The van der Waals surface area contributed by atoms with Crippen molar-refractivity contribution in [1.29, 1.82) is 0 Å². The predicted octanol–water partition coefficient (Wildman–Crippen LogP) is 3.36. The second kappa shape index (κ2) is 16.3. The molecule has 0 unspecified atom stereocenters. The highest BCUT2D eigenvalue weighted by molar-refractivity contribution is 6.17. The van der Waals surface area contributed by atoms with E-state index < -0.39 is 30.7 Å². The number of hydrogen-bond acceptors (Lipinski definition) is 7. The summed E-state index contributed by atoms with van der Waals surface area (Å²) in [6, 6.07) is 9.94. The van der Waals surface area contributed by atoms with Gasteiger partial charge in [-0.3, -0.25) is 0 Å². The maximum atomic E-state index is 6.18. The molecule has 180 valence electrons. The Morgan fingerprint density at radius 2 is 1.62 bits per heavy atom. The maximum absolute atomic E-state index is 6.18. The van der Waals surface area contributed by atoms with Crippen molar-refractivity contribution in [3.8, 4) is 0 Å². The van der Waals surface area contributed by atoms with Crippen molar-refractivity contribution < 1.29 is 33.2 Å². The molecule has 0 N–H and O–H groups in total. The highest BCUT2D eigenvalue weighted by Gasteiger charge is 2.48. The summed E-state index contributed by atoms with van der Waals surface area (Å²) >= 11 is 5.67. The Bertz CT molecular complexity index is 630. The fourth-order valence-corrected chi connectivity index (χ4v) is 3.50. The smallest absolute Gasteiger partial charge is 0.186 e. The Hall–Kier alpha value is -1.29. The molecule has 0 aromatic heterocycles. The first-order chi connectivity index (χ1) is 15.7. The van der Waals surface area contributed by atoms with Crippen LogP contribution in [-0.4, -0.2) is 83.3 Å². The van der Waals surface area contributed by atoms with Crippen molar-refractivity contribution in [2.45, 2.75) is 37.3 Å². The molecule has 7 nitrogen and oxygen atoms in total. The van der Waals surface area contributed by atoms with E-state index >= 15 is 0 Å². The molecule has 0 amide bonds. The number of benzene rings is 1. The highest BCUT2D eigenvalue weighted by atomic mass is 35.5.